The van der Waals surface area contributed by atoms with E-state index in [1.165, 1.54) is 12.1 Å². The number of aromatic nitrogens is 2. The molecule has 0 amide bonds. The summed E-state index contributed by atoms with van der Waals surface area (Å²) in [5.74, 6) is 0.760. The molecule has 0 saturated carbocycles. The molecule has 1 aromatic heterocycles. The predicted octanol–water partition coefficient (Wildman–Crippen LogP) is 3.06. The zero-order valence-corrected chi connectivity index (χ0v) is 12.5. The number of nitrogens with two attached hydrogens (primary N) is 1. The standard InChI is InChI=1S/C12H13BrN4O3/c1-6(2)10(14)11-15-12(20-16-11)7-3-8(13)5-9(4-7)17(18)19/h3-6,10H,14H2,1-2H3. The first-order valence-electron chi connectivity index (χ1n) is 5.93. The Morgan fingerprint density at radius 2 is 2.10 bits per heavy atom. The zero-order chi connectivity index (χ0) is 14.9. The smallest absolute Gasteiger partial charge is 0.271 e. The van der Waals surface area contributed by atoms with Crippen LogP contribution >= 0.6 is 15.9 Å². The van der Waals surface area contributed by atoms with Crippen LogP contribution in [0.2, 0.25) is 0 Å². The Morgan fingerprint density at radius 1 is 1.40 bits per heavy atom. The van der Waals surface area contributed by atoms with Gasteiger partial charge in [-0.1, -0.05) is 34.9 Å². The van der Waals surface area contributed by atoms with Gasteiger partial charge in [0.1, 0.15) is 0 Å². The van der Waals surface area contributed by atoms with Gasteiger partial charge in [0.2, 0.25) is 0 Å². The minimum absolute atomic E-state index is 0.0534. The van der Waals surface area contributed by atoms with Crippen LogP contribution in [0.3, 0.4) is 0 Å². The summed E-state index contributed by atoms with van der Waals surface area (Å²) in [4.78, 5) is 14.6. The molecule has 1 heterocycles. The minimum atomic E-state index is -0.481. The van der Waals surface area contributed by atoms with E-state index in [1.54, 1.807) is 6.07 Å². The van der Waals surface area contributed by atoms with Crippen molar-refractivity contribution in [1.82, 2.24) is 10.1 Å². The second-order valence-electron chi connectivity index (χ2n) is 4.68. The lowest BCUT2D eigenvalue weighted by Crippen LogP contribution is -2.18. The van der Waals surface area contributed by atoms with E-state index in [-0.39, 0.29) is 23.5 Å². The predicted molar refractivity (Wildman–Crippen MR) is 75.9 cm³/mol. The lowest BCUT2D eigenvalue weighted by atomic mass is 10.1. The highest BCUT2D eigenvalue weighted by Crippen LogP contribution is 2.28. The molecule has 1 aromatic carbocycles. The summed E-state index contributed by atoms with van der Waals surface area (Å²) >= 11 is 3.22. The summed E-state index contributed by atoms with van der Waals surface area (Å²) in [5, 5.41) is 14.7. The van der Waals surface area contributed by atoms with Crippen molar-refractivity contribution in [3.05, 3.63) is 38.6 Å². The van der Waals surface area contributed by atoms with Crippen molar-refractivity contribution in [2.45, 2.75) is 19.9 Å². The van der Waals surface area contributed by atoms with Crippen LogP contribution in [0.25, 0.3) is 11.5 Å². The van der Waals surface area contributed by atoms with Crippen molar-refractivity contribution in [2.24, 2.45) is 11.7 Å². The van der Waals surface area contributed by atoms with E-state index in [2.05, 4.69) is 26.1 Å². The van der Waals surface area contributed by atoms with E-state index >= 15 is 0 Å². The summed E-state index contributed by atoms with van der Waals surface area (Å²) < 4.78 is 5.69. The molecule has 20 heavy (non-hydrogen) atoms. The van der Waals surface area contributed by atoms with Gasteiger partial charge in [-0.05, 0) is 12.0 Å². The summed E-state index contributed by atoms with van der Waals surface area (Å²) in [6, 6.07) is 4.11. The number of nitro benzene ring substituents is 1. The van der Waals surface area contributed by atoms with Gasteiger partial charge < -0.3 is 10.3 Å². The molecule has 0 aliphatic carbocycles. The second-order valence-corrected chi connectivity index (χ2v) is 5.60. The molecule has 1 unspecified atom stereocenters. The maximum Gasteiger partial charge on any atom is 0.271 e. The normalized spacial score (nSPS) is 12.7. The molecular formula is C12H13BrN4O3. The van der Waals surface area contributed by atoms with Crippen molar-refractivity contribution < 1.29 is 9.45 Å². The Hall–Kier alpha value is -1.80. The van der Waals surface area contributed by atoms with E-state index in [0.717, 1.165) is 0 Å². The van der Waals surface area contributed by atoms with E-state index in [1.807, 2.05) is 13.8 Å². The fourth-order valence-corrected chi connectivity index (χ4v) is 2.07. The van der Waals surface area contributed by atoms with Crippen molar-refractivity contribution in [2.75, 3.05) is 0 Å². The Balaban J connectivity index is 2.39. The molecule has 0 saturated heterocycles. The van der Waals surface area contributed by atoms with Gasteiger partial charge >= 0.3 is 0 Å². The maximum atomic E-state index is 10.8. The molecule has 0 fully saturated rings. The molecule has 106 valence electrons. The zero-order valence-electron chi connectivity index (χ0n) is 10.9. The topological polar surface area (TPSA) is 108 Å². The van der Waals surface area contributed by atoms with Crippen LogP contribution in [0.4, 0.5) is 5.69 Å². The molecule has 2 rings (SSSR count). The SMILES string of the molecule is CC(C)C(N)c1noc(-c2cc(Br)cc([N+](=O)[O-])c2)n1. The number of nitrogens with zero attached hydrogens (tertiary/aromatic N) is 3. The van der Waals surface area contributed by atoms with Crippen molar-refractivity contribution in [1.29, 1.82) is 0 Å². The number of benzene rings is 1. The Labute approximate surface area is 123 Å². The molecule has 2 N–H and O–H groups in total. The number of hydrogen-bond donors (Lipinski definition) is 1. The minimum Gasteiger partial charge on any atom is -0.334 e. The summed E-state index contributed by atoms with van der Waals surface area (Å²) in [6.45, 7) is 3.90. The van der Waals surface area contributed by atoms with Crippen LogP contribution < -0.4 is 5.73 Å². The highest BCUT2D eigenvalue weighted by Gasteiger charge is 2.19. The molecule has 0 radical (unpaired) electrons. The van der Waals surface area contributed by atoms with Gasteiger partial charge in [-0.25, -0.2) is 0 Å². The lowest BCUT2D eigenvalue weighted by molar-refractivity contribution is -0.384. The molecule has 1 atom stereocenters. The third kappa shape index (κ3) is 3.02. The molecule has 0 bridgehead atoms. The molecule has 0 spiro atoms. The summed E-state index contributed by atoms with van der Waals surface area (Å²) in [6.07, 6.45) is 0. The van der Waals surface area contributed by atoms with E-state index < -0.39 is 4.92 Å². The van der Waals surface area contributed by atoms with Crippen LogP contribution in [0.5, 0.6) is 0 Å². The van der Waals surface area contributed by atoms with Gasteiger partial charge in [0.05, 0.1) is 11.0 Å². The van der Waals surface area contributed by atoms with Gasteiger partial charge in [-0.2, -0.15) is 4.98 Å². The van der Waals surface area contributed by atoms with Crippen LogP contribution in [-0.4, -0.2) is 15.1 Å². The Morgan fingerprint density at radius 3 is 2.70 bits per heavy atom. The molecule has 0 aliphatic rings. The monoisotopic (exact) mass is 340 g/mol. The average molecular weight is 341 g/mol. The van der Waals surface area contributed by atoms with Gasteiger partial charge in [-0.15, -0.1) is 0 Å². The summed E-state index contributed by atoms with van der Waals surface area (Å²) in [5.41, 5.74) is 6.35. The molecule has 7 nitrogen and oxygen atoms in total. The average Bonchev–Trinajstić information content (AvgIpc) is 2.86. The van der Waals surface area contributed by atoms with Crippen molar-refractivity contribution >= 4 is 21.6 Å². The first kappa shape index (κ1) is 14.6. The second kappa shape index (κ2) is 5.68. The van der Waals surface area contributed by atoms with Crippen LogP contribution in [0, 0.1) is 16.0 Å². The van der Waals surface area contributed by atoms with Crippen LogP contribution in [-0.2, 0) is 0 Å². The van der Waals surface area contributed by atoms with Gasteiger partial charge in [-0.3, -0.25) is 10.1 Å². The maximum absolute atomic E-state index is 10.8. The first-order valence-corrected chi connectivity index (χ1v) is 6.72. The summed E-state index contributed by atoms with van der Waals surface area (Å²) in [7, 11) is 0. The van der Waals surface area contributed by atoms with Crippen LogP contribution in [0.15, 0.2) is 27.2 Å². The van der Waals surface area contributed by atoms with E-state index in [9.17, 15) is 10.1 Å². The van der Waals surface area contributed by atoms with Crippen LogP contribution in [0.1, 0.15) is 25.7 Å². The third-order valence-corrected chi connectivity index (χ3v) is 3.26. The molecule has 8 heteroatoms. The number of nitro groups is 1. The highest BCUT2D eigenvalue weighted by atomic mass is 79.9. The van der Waals surface area contributed by atoms with Gasteiger partial charge in [0.15, 0.2) is 5.82 Å². The fourth-order valence-electron chi connectivity index (χ4n) is 1.59. The molecule has 0 aliphatic heterocycles. The third-order valence-electron chi connectivity index (χ3n) is 2.80. The van der Waals surface area contributed by atoms with Gasteiger partial charge in [0.25, 0.3) is 11.6 Å². The quantitative estimate of drug-likeness (QED) is 0.676. The van der Waals surface area contributed by atoms with Gasteiger partial charge in [0, 0.05) is 22.2 Å². The Kier molecular flexibility index (Phi) is 4.15. The molecule has 2 aromatic rings. The van der Waals surface area contributed by atoms with E-state index in [4.69, 9.17) is 10.3 Å². The number of rotatable bonds is 4. The molecular weight excluding hydrogens is 328 g/mol. The lowest BCUT2D eigenvalue weighted by Gasteiger charge is -2.09. The fraction of sp³-hybridized carbons (Fsp3) is 0.333. The Bertz CT molecular complexity index is 641. The number of halogens is 1. The van der Waals surface area contributed by atoms with E-state index in [0.29, 0.717) is 15.9 Å². The first-order chi connectivity index (χ1) is 9.38. The van der Waals surface area contributed by atoms with Crippen molar-refractivity contribution in [3.63, 3.8) is 0 Å². The van der Waals surface area contributed by atoms with Crippen molar-refractivity contribution in [3.8, 4) is 11.5 Å². The largest absolute Gasteiger partial charge is 0.334 e. The number of hydrogen-bond acceptors (Lipinski definition) is 6. The number of non-ortho nitro benzene ring substituents is 1. The highest BCUT2D eigenvalue weighted by molar-refractivity contribution is 9.10.